The summed E-state index contributed by atoms with van der Waals surface area (Å²) in [6.45, 7) is 6.03. The Bertz CT molecular complexity index is 1150. The molecule has 8 heteroatoms. The average Bonchev–Trinajstić information content (AvgIpc) is 2.85. The van der Waals surface area contributed by atoms with Crippen molar-refractivity contribution in [1.29, 1.82) is 0 Å². The van der Waals surface area contributed by atoms with E-state index in [-0.39, 0.29) is 23.8 Å². The summed E-state index contributed by atoms with van der Waals surface area (Å²) < 4.78 is 0. The minimum atomic E-state index is -0.501. The largest absolute Gasteiger partial charge is 0.390 e. The Labute approximate surface area is 212 Å². The van der Waals surface area contributed by atoms with E-state index in [4.69, 9.17) is 4.98 Å². The van der Waals surface area contributed by atoms with Crippen LogP contribution in [0, 0.1) is 17.8 Å². The second-order valence-electron chi connectivity index (χ2n) is 11.5. The Morgan fingerprint density at radius 3 is 2.47 bits per heavy atom. The van der Waals surface area contributed by atoms with Crippen LogP contribution in [0.5, 0.6) is 0 Å². The highest BCUT2D eigenvalue weighted by molar-refractivity contribution is 5.94. The van der Waals surface area contributed by atoms with Gasteiger partial charge in [-0.2, -0.15) is 0 Å². The summed E-state index contributed by atoms with van der Waals surface area (Å²) in [5.74, 6) is 2.95. The third-order valence-corrected chi connectivity index (χ3v) is 8.91. The van der Waals surface area contributed by atoms with Crippen LogP contribution in [0.3, 0.4) is 0 Å². The first-order chi connectivity index (χ1) is 17.3. The maximum atomic E-state index is 13.3. The van der Waals surface area contributed by atoms with Crippen LogP contribution in [-0.4, -0.2) is 64.1 Å². The summed E-state index contributed by atoms with van der Waals surface area (Å²) in [7, 11) is 0. The molecule has 2 N–H and O–H groups in total. The monoisotopic (exact) mass is 489 g/mol. The van der Waals surface area contributed by atoms with Gasteiger partial charge in [-0.3, -0.25) is 9.59 Å². The molecule has 8 nitrogen and oxygen atoms in total. The van der Waals surface area contributed by atoms with Gasteiger partial charge in [-0.1, -0.05) is 6.07 Å². The fraction of sp³-hybridized carbons (Fsp3) is 0.571. The fourth-order valence-electron chi connectivity index (χ4n) is 7.44. The number of amides is 1. The van der Waals surface area contributed by atoms with Crippen LogP contribution in [0.1, 0.15) is 66.8 Å². The van der Waals surface area contributed by atoms with E-state index in [1.165, 1.54) is 0 Å². The number of aromatic nitrogens is 2. The van der Waals surface area contributed by atoms with Crippen molar-refractivity contribution >= 4 is 23.3 Å². The van der Waals surface area contributed by atoms with Gasteiger partial charge in [0, 0.05) is 43.5 Å². The van der Waals surface area contributed by atoms with Gasteiger partial charge in [-0.25, -0.2) is 9.97 Å². The van der Waals surface area contributed by atoms with Gasteiger partial charge in [0.15, 0.2) is 5.78 Å². The van der Waals surface area contributed by atoms with Crippen LogP contribution in [0.25, 0.3) is 0 Å². The molecule has 2 aromatic rings. The smallest absolute Gasteiger partial charge is 0.270 e. The Morgan fingerprint density at radius 2 is 1.83 bits per heavy atom. The molecule has 36 heavy (non-hydrogen) atoms. The topological polar surface area (TPSA) is 98.7 Å². The number of hydrogen-bond donors (Lipinski definition) is 2. The zero-order valence-electron chi connectivity index (χ0n) is 21.1. The highest BCUT2D eigenvalue weighted by Crippen LogP contribution is 2.55. The van der Waals surface area contributed by atoms with Crippen molar-refractivity contribution in [2.24, 2.45) is 17.8 Å². The number of piperazine rings is 1. The molecular formula is C28H35N5O3. The highest BCUT2D eigenvalue weighted by atomic mass is 16.3. The van der Waals surface area contributed by atoms with Gasteiger partial charge in [-0.05, 0) is 88.0 Å². The number of Topliss-reactive ketones (excluding diaryl/α,β-unsaturated/α-hetero) is 1. The van der Waals surface area contributed by atoms with Crippen LogP contribution < -0.4 is 15.1 Å². The first-order valence-corrected chi connectivity index (χ1v) is 13.3. The number of ketones is 1. The molecule has 4 bridgehead atoms. The first-order valence-electron chi connectivity index (χ1n) is 13.3. The molecule has 1 amide bonds. The second-order valence-corrected chi connectivity index (χ2v) is 11.5. The maximum Gasteiger partial charge on any atom is 0.270 e. The van der Waals surface area contributed by atoms with E-state index in [2.05, 4.69) is 27.0 Å². The minimum absolute atomic E-state index is 0.0165. The van der Waals surface area contributed by atoms with Crippen molar-refractivity contribution in [3.63, 3.8) is 0 Å². The molecule has 1 aliphatic heterocycles. The maximum absolute atomic E-state index is 13.3. The van der Waals surface area contributed by atoms with Crippen LogP contribution >= 0.6 is 0 Å². The molecule has 0 aromatic carbocycles. The Morgan fingerprint density at radius 1 is 1.06 bits per heavy atom. The molecule has 5 fully saturated rings. The fourth-order valence-corrected chi connectivity index (χ4v) is 7.44. The zero-order chi connectivity index (χ0) is 25.0. The van der Waals surface area contributed by atoms with E-state index in [1.807, 2.05) is 24.3 Å². The van der Waals surface area contributed by atoms with Gasteiger partial charge >= 0.3 is 0 Å². The lowest BCUT2D eigenvalue weighted by molar-refractivity contribution is -0.136. The molecule has 3 heterocycles. The van der Waals surface area contributed by atoms with Crippen molar-refractivity contribution in [2.45, 2.75) is 63.6 Å². The number of pyridine rings is 2. The molecule has 4 aliphatic carbocycles. The van der Waals surface area contributed by atoms with Crippen molar-refractivity contribution in [2.75, 3.05) is 29.4 Å². The molecule has 1 saturated heterocycles. The number of aliphatic hydroxyl groups is 1. The van der Waals surface area contributed by atoms with E-state index in [1.54, 1.807) is 19.2 Å². The van der Waals surface area contributed by atoms with Gasteiger partial charge < -0.3 is 20.2 Å². The van der Waals surface area contributed by atoms with Crippen molar-refractivity contribution in [3.8, 4) is 0 Å². The standard InChI is InChI=1S/C28H35N5O3/c1-17-16-32(24-7-6-20(15-29-24)18(2)34)8-9-33(17)25-5-3-4-23(30-25)27(35)31-26-21-10-19-11-22(26)14-28(36,12-19)13-21/h3-7,15,17,19,21-22,26,36H,8-14,16H2,1-2H3,(H,31,35)/t17-,19?,21?,22?,26?,28?/m1/s1. The van der Waals surface area contributed by atoms with Gasteiger partial charge in [0.1, 0.15) is 17.3 Å². The third kappa shape index (κ3) is 4.25. The first kappa shape index (κ1) is 23.4. The number of nitrogens with zero attached hydrogens (tertiary/aromatic N) is 4. The lowest BCUT2D eigenvalue weighted by Gasteiger charge is -2.58. The number of hydrogen-bond acceptors (Lipinski definition) is 7. The second kappa shape index (κ2) is 8.83. The average molecular weight is 490 g/mol. The molecule has 7 rings (SSSR count). The van der Waals surface area contributed by atoms with Crippen LogP contribution in [0.2, 0.25) is 0 Å². The van der Waals surface area contributed by atoms with Crippen LogP contribution in [0.15, 0.2) is 36.5 Å². The number of anilines is 2. The Balaban J connectivity index is 1.11. The van der Waals surface area contributed by atoms with E-state index >= 15 is 0 Å². The summed E-state index contributed by atoms with van der Waals surface area (Å²) >= 11 is 0. The van der Waals surface area contributed by atoms with Crippen molar-refractivity contribution < 1.29 is 14.7 Å². The van der Waals surface area contributed by atoms with Gasteiger partial charge in [0.05, 0.1) is 5.60 Å². The summed E-state index contributed by atoms with van der Waals surface area (Å²) in [6.07, 6.45) is 6.44. The molecule has 0 spiro atoms. The summed E-state index contributed by atoms with van der Waals surface area (Å²) in [4.78, 5) is 38.5. The van der Waals surface area contributed by atoms with Crippen LogP contribution in [-0.2, 0) is 0 Å². The van der Waals surface area contributed by atoms with Gasteiger partial charge in [0.2, 0.25) is 0 Å². The number of rotatable bonds is 5. The Kier molecular flexibility index (Phi) is 5.74. The lowest BCUT2D eigenvalue weighted by atomic mass is 9.52. The molecular weight excluding hydrogens is 454 g/mol. The van der Waals surface area contributed by atoms with E-state index in [0.717, 1.165) is 63.4 Å². The number of carbonyl (C=O) groups excluding carboxylic acids is 2. The molecule has 2 unspecified atom stereocenters. The molecule has 2 aromatic heterocycles. The molecule has 190 valence electrons. The predicted octanol–water partition coefficient (Wildman–Crippen LogP) is 3.06. The zero-order valence-corrected chi connectivity index (χ0v) is 21.1. The summed E-state index contributed by atoms with van der Waals surface area (Å²) in [5, 5.41) is 14.2. The normalized spacial score (nSPS) is 33.0. The van der Waals surface area contributed by atoms with E-state index < -0.39 is 5.60 Å². The minimum Gasteiger partial charge on any atom is -0.390 e. The predicted molar refractivity (Wildman–Crippen MR) is 137 cm³/mol. The van der Waals surface area contributed by atoms with Crippen molar-refractivity contribution in [3.05, 3.63) is 47.8 Å². The quantitative estimate of drug-likeness (QED) is 0.623. The number of nitrogens with one attached hydrogen (secondary N) is 1. The lowest BCUT2D eigenvalue weighted by Crippen LogP contribution is -2.61. The molecule has 3 atom stereocenters. The van der Waals surface area contributed by atoms with Crippen LogP contribution in [0.4, 0.5) is 11.6 Å². The molecule has 4 saturated carbocycles. The summed E-state index contributed by atoms with van der Waals surface area (Å²) in [5.41, 5.74) is 0.574. The molecule has 0 radical (unpaired) electrons. The van der Waals surface area contributed by atoms with Gasteiger partial charge in [-0.15, -0.1) is 0 Å². The Hall–Kier alpha value is -3.00. The van der Waals surface area contributed by atoms with E-state index in [0.29, 0.717) is 29.0 Å². The van der Waals surface area contributed by atoms with E-state index in [9.17, 15) is 14.7 Å². The molecule has 5 aliphatic rings. The SMILES string of the molecule is CC(=O)c1ccc(N2CCN(c3cccc(C(=O)NC4C5CC6CC4CC(O)(C6)C5)n3)[C@H](C)C2)nc1. The highest BCUT2D eigenvalue weighted by Gasteiger charge is 2.55. The number of carbonyl (C=O) groups is 2. The summed E-state index contributed by atoms with van der Waals surface area (Å²) in [6, 6.07) is 9.75. The van der Waals surface area contributed by atoms with Gasteiger partial charge in [0.25, 0.3) is 5.91 Å². The van der Waals surface area contributed by atoms with Crippen molar-refractivity contribution in [1.82, 2.24) is 15.3 Å². The third-order valence-electron chi connectivity index (χ3n) is 8.91.